The summed E-state index contributed by atoms with van der Waals surface area (Å²) in [6, 6.07) is 14.7. The van der Waals surface area contributed by atoms with E-state index in [-0.39, 0.29) is 24.5 Å². The van der Waals surface area contributed by atoms with E-state index in [0.29, 0.717) is 0 Å². The van der Waals surface area contributed by atoms with Crippen LogP contribution in [0.25, 0.3) is 0 Å². The number of guanidine groups is 1. The lowest BCUT2D eigenvalue weighted by molar-refractivity contribution is -0.114. The van der Waals surface area contributed by atoms with Gasteiger partial charge in [0.1, 0.15) is 6.54 Å². The maximum Gasteiger partial charge on any atom is 0.246 e. The Kier molecular flexibility index (Phi) is 6.03. The van der Waals surface area contributed by atoms with Gasteiger partial charge in [-0.3, -0.25) is 4.79 Å². The largest absolute Gasteiger partial charge is 0.378 e. The second-order valence-electron chi connectivity index (χ2n) is 6.83. The number of anilines is 3. The summed E-state index contributed by atoms with van der Waals surface area (Å²) in [5.41, 5.74) is 16.2. The molecule has 2 aromatic carbocycles. The fraction of sp³-hybridized carbons (Fsp3) is 0.333. The van der Waals surface area contributed by atoms with Gasteiger partial charge in [0.15, 0.2) is 5.96 Å². The molecule has 7 heteroatoms. The maximum absolute atomic E-state index is 11.8. The van der Waals surface area contributed by atoms with Crippen molar-refractivity contribution >= 4 is 28.9 Å². The number of nitrogens with two attached hydrogens (primary N) is 2. The number of hydrogen-bond acceptors (Lipinski definition) is 4. The van der Waals surface area contributed by atoms with Crippen molar-refractivity contribution in [2.75, 3.05) is 35.2 Å². The Morgan fingerprint density at radius 1 is 1.18 bits per heavy atom. The van der Waals surface area contributed by atoms with Crippen LogP contribution in [-0.4, -0.2) is 31.5 Å². The molecular formula is C21H28N6O. The first-order valence-corrected chi connectivity index (χ1v) is 9.59. The number of carbonyl (C=O) groups excluding carboxylic acids is 1. The lowest BCUT2D eigenvalue weighted by Crippen LogP contribution is -2.25. The summed E-state index contributed by atoms with van der Waals surface area (Å²) in [6.45, 7) is 6.27. The number of aliphatic imine (C=N–C) groups is 1. The molecule has 0 aliphatic carbocycles. The van der Waals surface area contributed by atoms with Crippen molar-refractivity contribution in [3.05, 3.63) is 53.6 Å². The van der Waals surface area contributed by atoms with Crippen molar-refractivity contribution in [1.29, 1.82) is 0 Å². The fourth-order valence-corrected chi connectivity index (χ4v) is 3.50. The van der Waals surface area contributed by atoms with Gasteiger partial charge in [-0.2, -0.15) is 0 Å². The zero-order chi connectivity index (χ0) is 20.1. The summed E-state index contributed by atoms with van der Waals surface area (Å²) in [5, 5.41) is 6.38. The summed E-state index contributed by atoms with van der Waals surface area (Å²) in [4.78, 5) is 17.9. The van der Waals surface area contributed by atoms with Crippen molar-refractivity contribution < 1.29 is 4.79 Å². The first kappa shape index (κ1) is 19.5. The van der Waals surface area contributed by atoms with Gasteiger partial charge in [-0.15, -0.1) is 0 Å². The van der Waals surface area contributed by atoms with E-state index in [4.69, 9.17) is 11.5 Å². The minimum absolute atomic E-state index is 0.0849. The lowest BCUT2D eigenvalue weighted by atomic mass is 10.0. The highest BCUT2D eigenvalue weighted by Crippen LogP contribution is 2.36. The third-order valence-corrected chi connectivity index (χ3v) is 4.97. The number of rotatable bonds is 7. The molecule has 0 spiro atoms. The summed E-state index contributed by atoms with van der Waals surface area (Å²) >= 11 is 0. The van der Waals surface area contributed by atoms with Crippen LogP contribution < -0.4 is 27.0 Å². The SMILES string of the molecule is CCN(CC)c1ccc2c(c1)CC(c1ccc(NC(=O)CN=C(N)N)cc1)N2. The molecule has 7 nitrogen and oxygen atoms in total. The average Bonchev–Trinajstić information content (AvgIpc) is 3.11. The van der Waals surface area contributed by atoms with E-state index in [0.717, 1.165) is 25.2 Å². The molecule has 3 rings (SSSR count). The Bertz CT molecular complexity index is 854. The van der Waals surface area contributed by atoms with Crippen LogP contribution in [-0.2, 0) is 11.2 Å². The molecule has 148 valence electrons. The molecule has 6 N–H and O–H groups in total. The van der Waals surface area contributed by atoms with Gasteiger partial charge in [0.05, 0.1) is 6.04 Å². The third kappa shape index (κ3) is 4.54. The van der Waals surface area contributed by atoms with Crippen molar-refractivity contribution in [3.8, 4) is 0 Å². The predicted molar refractivity (Wildman–Crippen MR) is 116 cm³/mol. The molecule has 0 saturated heterocycles. The zero-order valence-corrected chi connectivity index (χ0v) is 16.4. The van der Waals surface area contributed by atoms with E-state index in [1.165, 1.54) is 22.5 Å². The second kappa shape index (κ2) is 8.65. The molecule has 0 saturated carbocycles. The molecule has 1 atom stereocenters. The highest BCUT2D eigenvalue weighted by atomic mass is 16.1. The van der Waals surface area contributed by atoms with Crippen LogP contribution >= 0.6 is 0 Å². The Labute approximate surface area is 165 Å². The van der Waals surface area contributed by atoms with Crippen LogP contribution in [0.3, 0.4) is 0 Å². The fourth-order valence-electron chi connectivity index (χ4n) is 3.50. The normalized spacial score (nSPS) is 14.7. The molecule has 1 aliphatic heterocycles. The van der Waals surface area contributed by atoms with Crippen LogP contribution in [0, 0.1) is 0 Å². The van der Waals surface area contributed by atoms with E-state index < -0.39 is 0 Å². The zero-order valence-electron chi connectivity index (χ0n) is 16.4. The molecule has 1 heterocycles. The number of amides is 1. The van der Waals surface area contributed by atoms with Crippen molar-refractivity contribution in [1.82, 2.24) is 0 Å². The van der Waals surface area contributed by atoms with Crippen LogP contribution in [0.4, 0.5) is 17.1 Å². The molecule has 0 aromatic heterocycles. The number of carbonyl (C=O) groups is 1. The molecule has 0 bridgehead atoms. The second-order valence-corrected chi connectivity index (χ2v) is 6.83. The highest BCUT2D eigenvalue weighted by Gasteiger charge is 2.22. The van der Waals surface area contributed by atoms with Crippen molar-refractivity contribution in [3.63, 3.8) is 0 Å². The predicted octanol–water partition coefficient (Wildman–Crippen LogP) is 2.45. The van der Waals surface area contributed by atoms with Gasteiger partial charge in [-0.25, -0.2) is 4.99 Å². The maximum atomic E-state index is 11.8. The van der Waals surface area contributed by atoms with Gasteiger partial charge in [-0.1, -0.05) is 12.1 Å². The summed E-state index contributed by atoms with van der Waals surface area (Å²) < 4.78 is 0. The first-order chi connectivity index (χ1) is 13.5. The summed E-state index contributed by atoms with van der Waals surface area (Å²) in [7, 11) is 0. The molecule has 28 heavy (non-hydrogen) atoms. The molecule has 0 radical (unpaired) electrons. The topological polar surface area (TPSA) is 109 Å². The highest BCUT2D eigenvalue weighted by molar-refractivity contribution is 5.93. The molecule has 1 amide bonds. The number of nitrogens with zero attached hydrogens (tertiary/aromatic N) is 2. The van der Waals surface area contributed by atoms with Gasteiger partial charge in [0, 0.05) is 30.2 Å². The van der Waals surface area contributed by atoms with E-state index >= 15 is 0 Å². The molecular weight excluding hydrogens is 352 g/mol. The van der Waals surface area contributed by atoms with Gasteiger partial charge < -0.3 is 27.0 Å². The smallest absolute Gasteiger partial charge is 0.246 e. The lowest BCUT2D eigenvalue weighted by Gasteiger charge is -2.21. The van der Waals surface area contributed by atoms with E-state index in [2.05, 4.69) is 52.6 Å². The standard InChI is InChI=1S/C21H28N6O/c1-3-27(4-2)17-9-10-18-15(11-17)12-19(26-18)14-5-7-16(8-6-14)25-20(28)13-24-21(22)23/h5-11,19,26H,3-4,12-13H2,1-2H3,(H,25,28)(H4,22,23,24). The molecule has 1 unspecified atom stereocenters. The van der Waals surface area contributed by atoms with Crippen LogP contribution in [0.15, 0.2) is 47.5 Å². The summed E-state index contributed by atoms with van der Waals surface area (Å²) in [5.74, 6) is -0.349. The van der Waals surface area contributed by atoms with Crippen molar-refractivity contribution in [2.24, 2.45) is 16.5 Å². The van der Waals surface area contributed by atoms with Crippen LogP contribution in [0.2, 0.25) is 0 Å². The Morgan fingerprint density at radius 2 is 1.89 bits per heavy atom. The Balaban J connectivity index is 1.65. The Hall–Kier alpha value is -3.22. The minimum Gasteiger partial charge on any atom is -0.378 e. The number of benzene rings is 2. The van der Waals surface area contributed by atoms with Crippen molar-refractivity contribution in [2.45, 2.75) is 26.3 Å². The summed E-state index contributed by atoms with van der Waals surface area (Å²) in [6.07, 6.45) is 0.945. The van der Waals surface area contributed by atoms with Gasteiger partial charge in [0.25, 0.3) is 0 Å². The third-order valence-electron chi connectivity index (χ3n) is 4.97. The minimum atomic E-state index is -0.253. The van der Waals surface area contributed by atoms with E-state index in [1.54, 1.807) is 0 Å². The van der Waals surface area contributed by atoms with E-state index in [9.17, 15) is 4.79 Å². The number of fused-ring (bicyclic) bond motifs is 1. The molecule has 0 fully saturated rings. The van der Waals surface area contributed by atoms with Crippen LogP contribution in [0.1, 0.15) is 31.0 Å². The number of hydrogen-bond donors (Lipinski definition) is 4. The first-order valence-electron chi connectivity index (χ1n) is 9.59. The quantitative estimate of drug-likeness (QED) is 0.436. The average molecular weight is 380 g/mol. The van der Waals surface area contributed by atoms with E-state index in [1.807, 2.05) is 24.3 Å². The molecule has 2 aromatic rings. The van der Waals surface area contributed by atoms with Gasteiger partial charge in [0.2, 0.25) is 5.91 Å². The van der Waals surface area contributed by atoms with Crippen LogP contribution in [0.5, 0.6) is 0 Å². The Morgan fingerprint density at radius 3 is 2.54 bits per heavy atom. The van der Waals surface area contributed by atoms with Gasteiger partial charge >= 0.3 is 0 Å². The molecule has 1 aliphatic rings. The van der Waals surface area contributed by atoms with Gasteiger partial charge in [-0.05, 0) is 61.7 Å². The number of nitrogens with one attached hydrogen (secondary N) is 2. The monoisotopic (exact) mass is 380 g/mol.